The summed E-state index contributed by atoms with van der Waals surface area (Å²) < 4.78 is 0. The van der Waals surface area contributed by atoms with Gasteiger partial charge < -0.3 is 10.2 Å². The number of aryl methyl sites for hydroxylation is 1. The van der Waals surface area contributed by atoms with E-state index in [4.69, 9.17) is 0 Å². The van der Waals surface area contributed by atoms with Gasteiger partial charge in [-0.1, -0.05) is 18.2 Å². The Morgan fingerprint density at radius 2 is 2.00 bits per heavy atom. The van der Waals surface area contributed by atoms with Crippen LogP contribution in [0.3, 0.4) is 0 Å². The lowest BCUT2D eigenvalue weighted by atomic mass is 10.0. The largest absolute Gasteiger partial charge is 0.341 e. The molecule has 1 N–H and O–H groups in total. The molecule has 0 aliphatic carbocycles. The summed E-state index contributed by atoms with van der Waals surface area (Å²) >= 11 is 1.66. The van der Waals surface area contributed by atoms with Gasteiger partial charge in [0.2, 0.25) is 5.91 Å². The highest BCUT2D eigenvalue weighted by atomic mass is 32.2. The van der Waals surface area contributed by atoms with Crippen LogP contribution in [0.25, 0.3) is 0 Å². The molecule has 0 unspecified atom stereocenters. The lowest BCUT2D eigenvalue weighted by Crippen LogP contribution is -2.33. The molecule has 0 bridgehead atoms. The standard InChI is InChI=1S/C15H20N2OS/c1-11-4-2-3-5-14(11)19-10-15(18)17-8-12-6-16-7-13(12)9-17/h2-5,12-13,16H,6-10H2,1H3/t12-,13+. The first-order valence-electron chi connectivity index (χ1n) is 6.91. The van der Waals surface area contributed by atoms with Gasteiger partial charge in [0, 0.05) is 31.1 Å². The Hall–Kier alpha value is -1.00. The molecule has 2 heterocycles. The summed E-state index contributed by atoms with van der Waals surface area (Å²) in [5.74, 6) is 2.24. The summed E-state index contributed by atoms with van der Waals surface area (Å²) in [5, 5.41) is 3.41. The predicted molar refractivity (Wildman–Crippen MR) is 78.3 cm³/mol. The zero-order valence-electron chi connectivity index (χ0n) is 11.3. The second-order valence-electron chi connectivity index (χ2n) is 5.53. The molecule has 102 valence electrons. The molecule has 1 aromatic carbocycles. The summed E-state index contributed by atoms with van der Waals surface area (Å²) in [7, 11) is 0. The van der Waals surface area contributed by atoms with E-state index in [1.54, 1.807) is 11.8 Å². The molecule has 3 rings (SSSR count). The molecule has 3 nitrogen and oxygen atoms in total. The average molecular weight is 276 g/mol. The number of hydrogen-bond donors (Lipinski definition) is 1. The maximum absolute atomic E-state index is 12.2. The molecular weight excluding hydrogens is 256 g/mol. The number of amides is 1. The number of hydrogen-bond acceptors (Lipinski definition) is 3. The quantitative estimate of drug-likeness (QED) is 0.854. The number of rotatable bonds is 3. The van der Waals surface area contributed by atoms with Gasteiger partial charge in [-0.25, -0.2) is 0 Å². The van der Waals surface area contributed by atoms with E-state index < -0.39 is 0 Å². The van der Waals surface area contributed by atoms with Gasteiger partial charge >= 0.3 is 0 Å². The SMILES string of the molecule is Cc1ccccc1SCC(=O)N1C[C@H]2CNC[C@H]2C1. The van der Waals surface area contributed by atoms with Gasteiger partial charge in [-0.15, -0.1) is 11.8 Å². The van der Waals surface area contributed by atoms with Crippen LogP contribution in [0.1, 0.15) is 5.56 Å². The number of carbonyl (C=O) groups is 1. The van der Waals surface area contributed by atoms with Crippen LogP contribution in [0.4, 0.5) is 0 Å². The summed E-state index contributed by atoms with van der Waals surface area (Å²) in [6.07, 6.45) is 0. The van der Waals surface area contributed by atoms with Gasteiger partial charge in [0.25, 0.3) is 0 Å². The lowest BCUT2D eigenvalue weighted by Gasteiger charge is -2.17. The zero-order chi connectivity index (χ0) is 13.2. The van der Waals surface area contributed by atoms with Crippen molar-refractivity contribution in [2.24, 2.45) is 11.8 Å². The van der Waals surface area contributed by atoms with Crippen LogP contribution in [0.2, 0.25) is 0 Å². The number of nitrogens with zero attached hydrogens (tertiary/aromatic N) is 1. The van der Waals surface area contributed by atoms with Crippen molar-refractivity contribution in [1.29, 1.82) is 0 Å². The molecule has 0 spiro atoms. The van der Waals surface area contributed by atoms with Crippen LogP contribution >= 0.6 is 11.8 Å². The molecule has 2 saturated heterocycles. The highest BCUT2D eigenvalue weighted by Crippen LogP contribution is 2.28. The number of nitrogens with one attached hydrogen (secondary N) is 1. The maximum Gasteiger partial charge on any atom is 0.232 e. The Bertz CT molecular complexity index is 465. The first-order chi connectivity index (χ1) is 9.24. The van der Waals surface area contributed by atoms with Crippen molar-refractivity contribution in [3.05, 3.63) is 29.8 Å². The molecule has 0 radical (unpaired) electrons. The Labute approximate surface area is 118 Å². The third-order valence-electron chi connectivity index (χ3n) is 4.19. The van der Waals surface area contributed by atoms with Crippen LogP contribution in [0.15, 0.2) is 29.2 Å². The van der Waals surface area contributed by atoms with Crippen molar-refractivity contribution in [1.82, 2.24) is 10.2 Å². The molecule has 2 aliphatic rings. The van der Waals surface area contributed by atoms with Crippen molar-refractivity contribution in [3.63, 3.8) is 0 Å². The molecule has 0 aromatic heterocycles. The molecule has 1 aromatic rings. The molecule has 0 saturated carbocycles. The van der Waals surface area contributed by atoms with Gasteiger partial charge in [0.05, 0.1) is 5.75 Å². The zero-order valence-corrected chi connectivity index (χ0v) is 12.1. The maximum atomic E-state index is 12.2. The summed E-state index contributed by atoms with van der Waals surface area (Å²) in [6, 6.07) is 8.26. The summed E-state index contributed by atoms with van der Waals surface area (Å²) in [5.41, 5.74) is 1.25. The smallest absolute Gasteiger partial charge is 0.232 e. The van der Waals surface area contributed by atoms with E-state index in [1.165, 1.54) is 10.5 Å². The van der Waals surface area contributed by atoms with E-state index in [2.05, 4.69) is 29.3 Å². The van der Waals surface area contributed by atoms with Gasteiger partial charge in [-0.3, -0.25) is 4.79 Å². The molecular formula is C15H20N2OS. The third-order valence-corrected chi connectivity index (χ3v) is 5.35. The highest BCUT2D eigenvalue weighted by molar-refractivity contribution is 8.00. The van der Waals surface area contributed by atoms with E-state index in [0.717, 1.165) is 26.2 Å². The minimum Gasteiger partial charge on any atom is -0.341 e. The minimum absolute atomic E-state index is 0.294. The van der Waals surface area contributed by atoms with Crippen LogP contribution in [0.5, 0.6) is 0 Å². The monoisotopic (exact) mass is 276 g/mol. The number of likely N-dealkylation sites (tertiary alicyclic amines) is 1. The van der Waals surface area contributed by atoms with Gasteiger partial charge in [0.1, 0.15) is 0 Å². The molecule has 4 heteroatoms. The Morgan fingerprint density at radius 1 is 1.32 bits per heavy atom. The topological polar surface area (TPSA) is 32.3 Å². The van der Waals surface area contributed by atoms with Crippen molar-refractivity contribution < 1.29 is 4.79 Å². The Kier molecular flexibility index (Phi) is 3.80. The van der Waals surface area contributed by atoms with E-state index in [9.17, 15) is 4.79 Å². The normalized spacial score (nSPS) is 25.6. The van der Waals surface area contributed by atoms with Crippen molar-refractivity contribution in [3.8, 4) is 0 Å². The Balaban J connectivity index is 1.54. The number of carbonyl (C=O) groups excluding carboxylic acids is 1. The molecule has 1 amide bonds. The number of fused-ring (bicyclic) bond motifs is 1. The molecule has 2 fully saturated rings. The second-order valence-corrected chi connectivity index (χ2v) is 6.55. The number of benzene rings is 1. The molecule has 2 atom stereocenters. The van der Waals surface area contributed by atoms with Crippen molar-refractivity contribution >= 4 is 17.7 Å². The van der Waals surface area contributed by atoms with Gasteiger partial charge in [-0.2, -0.15) is 0 Å². The average Bonchev–Trinajstić information content (AvgIpc) is 2.98. The minimum atomic E-state index is 0.294. The predicted octanol–water partition coefficient (Wildman–Crippen LogP) is 1.76. The van der Waals surface area contributed by atoms with Crippen LogP contribution < -0.4 is 5.32 Å². The fourth-order valence-electron chi connectivity index (χ4n) is 3.01. The fourth-order valence-corrected chi connectivity index (χ4v) is 3.94. The Morgan fingerprint density at radius 3 is 2.68 bits per heavy atom. The highest BCUT2D eigenvalue weighted by Gasteiger charge is 2.37. The van der Waals surface area contributed by atoms with Crippen LogP contribution in [0, 0.1) is 18.8 Å². The second kappa shape index (κ2) is 5.55. The van der Waals surface area contributed by atoms with Crippen LogP contribution in [-0.2, 0) is 4.79 Å². The van der Waals surface area contributed by atoms with Crippen molar-refractivity contribution in [2.45, 2.75) is 11.8 Å². The van der Waals surface area contributed by atoms with E-state index >= 15 is 0 Å². The molecule has 2 aliphatic heterocycles. The first-order valence-corrected chi connectivity index (χ1v) is 7.89. The third kappa shape index (κ3) is 2.79. The number of thioether (sulfide) groups is 1. The summed E-state index contributed by atoms with van der Waals surface area (Å²) in [4.78, 5) is 15.5. The summed E-state index contributed by atoms with van der Waals surface area (Å²) in [6.45, 7) is 6.16. The van der Waals surface area contributed by atoms with E-state index in [1.807, 2.05) is 12.1 Å². The van der Waals surface area contributed by atoms with Gasteiger partial charge in [-0.05, 0) is 30.4 Å². The molecule has 19 heavy (non-hydrogen) atoms. The van der Waals surface area contributed by atoms with Crippen molar-refractivity contribution in [2.75, 3.05) is 31.9 Å². The van der Waals surface area contributed by atoms with E-state index in [-0.39, 0.29) is 0 Å². The van der Waals surface area contributed by atoms with Crippen LogP contribution in [-0.4, -0.2) is 42.7 Å². The first kappa shape index (κ1) is 13.0. The van der Waals surface area contributed by atoms with E-state index in [0.29, 0.717) is 23.5 Å². The fraction of sp³-hybridized carbons (Fsp3) is 0.533. The van der Waals surface area contributed by atoms with Gasteiger partial charge in [0.15, 0.2) is 0 Å². The lowest BCUT2D eigenvalue weighted by molar-refractivity contribution is -0.127.